The van der Waals surface area contributed by atoms with E-state index >= 15 is 0 Å². The highest BCUT2D eigenvalue weighted by molar-refractivity contribution is 7.89. The molecule has 0 aromatic heterocycles. The van der Waals surface area contributed by atoms with Crippen molar-refractivity contribution in [1.29, 1.82) is 0 Å². The number of urea groups is 1. The lowest BCUT2D eigenvalue weighted by atomic mass is 10.2. The molecule has 0 unspecified atom stereocenters. The van der Waals surface area contributed by atoms with Crippen LogP contribution in [0.4, 0.5) is 10.5 Å². The van der Waals surface area contributed by atoms with Crippen LogP contribution in [0.1, 0.15) is 27.6 Å². The van der Waals surface area contributed by atoms with Crippen molar-refractivity contribution >= 4 is 33.6 Å². The quantitative estimate of drug-likeness (QED) is 0.428. The molecule has 2 aromatic carbocycles. The lowest BCUT2D eigenvalue weighted by Gasteiger charge is -2.10. The summed E-state index contributed by atoms with van der Waals surface area (Å²) < 4.78 is 27.2. The third-order valence-corrected chi connectivity index (χ3v) is 4.32. The van der Waals surface area contributed by atoms with Crippen LogP contribution >= 0.6 is 0 Å². The Morgan fingerprint density at radius 3 is 2.04 bits per heavy atom. The average molecular weight is 406 g/mol. The number of sulfonamides is 1. The highest BCUT2D eigenvalue weighted by atomic mass is 32.2. The molecule has 5 N–H and O–H groups in total. The third-order valence-electron chi connectivity index (χ3n) is 3.39. The molecule has 0 atom stereocenters. The van der Waals surface area contributed by atoms with Crippen LogP contribution in [0.2, 0.25) is 0 Å². The molecule has 3 amide bonds. The molecule has 2 aromatic rings. The van der Waals surface area contributed by atoms with Crippen LogP contribution in [0.5, 0.6) is 0 Å². The Bertz CT molecular complexity index is 972. The maximum atomic E-state index is 12.0. The van der Waals surface area contributed by atoms with E-state index in [0.29, 0.717) is 11.3 Å². The summed E-state index contributed by atoms with van der Waals surface area (Å²) in [5.74, 6) is -1.13. The number of hydrogen-bond donors (Lipinski definition) is 4. The summed E-state index contributed by atoms with van der Waals surface area (Å²) in [5, 5.41) is 7.44. The van der Waals surface area contributed by atoms with Gasteiger partial charge in [0.15, 0.2) is 0 Å². The van der Waals surface area contributed by atoms with Gasteiger partial charge < -0.3 is 10.1 Å². The Hall–Kier alpha value is -3.44. The van der Waals surface area contributed by atoms with Gasteiger partial charge in [-0.2, -0.15) is 0 Å². The number of ether oxygens (including phenoxy) is 1. The van der Waals surface area contributed by atoms with E-state index in [4.69, 9.17) is 9.88 Å². The van der Waals surface area contributed by atoms with Crippen molar-refractivity contribution in [3.63, 3.8) is 0 Å². The van der Waals surface area contributed by atoms with Crippen LogP contribution in [-0.4, -0.2) is 32.9 Å². The molecule has 0 bridgehead atoms. The minimum atomic E-state index is -3.86. The van der Waals surface area contributed by atoms with Crippen molar-refractivity contribution in [2.24, 2.45) is 5.14 Å². The molecule has 0 aliphatic rings. The highest BCUT2D eigenvalue weighted by Gasteiger charge is 2.11. The van der Waals surface area contributed by atoms with Crippen LogP contribution in [0.15, 0.2) is 53.4 Å². The van der Waals surface area contributed by atoms with Gasteiger partial charge in [0.1, 0.15) is 0 Å². The molecule has 148 valence electrons. The van der Waals surface area contributed by atoms with E-state index in [1.54, 1.807) is 6.92 Å². The van der Waals surface area contributed by atoms with Gasteiger partial charge >= 0.3 is 12.0 Å². The largest absolute Gasteiger partial charge is 0.462 e. The summed E-state index contributed by atoms with van der Waals surface area (Å²) in [7, 11) is -3.86. The number of hydrogen-bond acceptors (Lipinski definition) is 6. The SMILES string of the molecule is CCOC(=O)c1ccc(NC(=O)NNC(=O)c2ccc(S(N)(=O)=O)cc2)cc1. The zero-order valence-electron chi connectivity index (χ0n) is 14.8. The molecule has 0 saturated heterocycles. The first-order valence-electron chi connectivity index (χ1n) is 7.98. The molecule has 0 aliphatic heterocycles. The lowest BCUT2D eigenvalue weighted by Crippen LogP contribution is -2.43. The van der Waals surface area contributed by atoms with Gasteiger partial charge in [-0.05, 0) is 55.5 Å². The Balaban J connectivity index is 1.88. The number of carbonyl (C=O) groups excluding carboxylic acids is 3. The van der Waals surface area contributed by atoms with E-state index in [0.717, 1.165) is 0 Å². The van der Waals surface area contributed by atoms with Gasteiger partial charge in [0, 0.05) is 11.3 Å². The summed E-state index contributed by atoms with van der Waals surface area (Å²) in [6, 6.07) is 10.1. The smallest absolute Gasteiger partial charge is 0.338 e. The summed E-state index contributed by atoms with van der Waals surface area (Å²) in [5.41, 5.74) is 5.16. The fourth-order valence-corrected chi connectivity index (χ4v) is 2.56. The molecule has 28 heavy (non-hydrogen) atoms. The molecule has 10 nitrogen and oxygen atoms in total. The van der Waals surface area contributed by atoms with Crippen molar-refractivity contribution < 1.29 is 27.5 Å². The molecule has 0 spiro atoms. The van der Waals surface area contributed by atoms with Gasteiger partial charge in [0.25, 0.3) is 5.91 Å². The van der Waals surface area contributed by atoms with Crippen LogP contribution in [0.3, 0.4) is 0 Å². The van der Waals surface area contributed by atoms with Crippen molar-refractivity contribution in [3.05, 3.63) is 59.7 Å². The van der Waals surface area contributed by atoms with Gasteiger partial charge in [-0.25, -0.2) is 28.6 Å². The summed E-state index contributed by atoms with van der Waals surface area (Å²) in [6.45, 7) is 1.95. The van der Waals surface area contributed by atoms with E-state index in [1.165, 1.54) is 48.5 Å². The number of rotatable bonds is 5. The number of anilines is 1. The summed E-state index contributed by atoms with van der Waals surface area (Å²) >= 11 is 0. The predicted octanol–water partition coefficient (Wildman–Crippen LogP) is 0.977. The molecule has 0 fully saturated rings. The summed E-state index contributed by atoms with van der Waals surface area (Å²) in [4.78, 5) is 35.2. The van der Waals surface area contributed by atoms with Gasteiger partial charge in [0.05, 0.1) is 17.1 Å². The van der Waals surface area contributed by atoms with E-state index in [-0.39, 0.29) is 17.1 Å². The standard InChI is InChI=1S/C17H18N4O6S/c1-2-27-16(23)12-3-7-13(8-4-12)19-17(24)21-20-15(22)11-5-9-14(10-6-11)28(18,25)26/h3-10H,2H2,1H3,(H,20,22)(H2,18,25,26)(H2,19,21,24). The number of nitrogens with one attached hydrogen (secondary N) is 3. The Morgan fingerprint density at radius 1 is 0.929 bits per heavy atom. The first-order valence-corrected chi connectivity index (χ1v) is 9.52. The molecular weight excluding hydrogens is 388 g/mol. The number of carbonyl (C=O) groups is 3. The second kappa shape index (κ2) is 8.97. The third kappa shape index (κ3) is 5.79. The second-order valence-corrected chi connectivity index (χ2v) is 6.96. The van der Waals surface area contributed by atoms with Crippen LogP contribution in [0, 0.1) is 0 Å². The molecule has 0 saturated carbocycles. The van der Waals surface area contributed by atoms with Crippen molar-refractivity contribution in [2.45, 2.75) is 11.8 Å². The maximum absolute atomic E-state index is 12.0. The normalized spacial score (nSPS) is 10.6. The van der Waals surface area contributed by atoms with Gasteiger partial charge in [-0.15, -0.1) is 0 Å². The first-order chi connectivity index (χ1) is 13.2. The Morgan fingerprint density at radius 2 is 1.50 bits per heavy atom. The van der Waals surface area contributed by atoms with E-state index in [1.807, 2.05) is 0 Å². The minimum absolute atomic E-state index is 0.117. The molecule has 0 aliphatic carbocycles. The fraction of sp³-hybridized carbons (Fsp3) is 0.118. The van der Waals surface area contributed by atoms with Crippen molar-refractivity contribution in [1.82, 2.24) is 10.9 Å². The Kier molecular flexibility index (Phi) is 6.69. The number of esters is 1. The summed E-state index contributed by atoms with van der Waals surface area (Å²) in [6.07, 6.45) is 0. The second-order valence-electron chi connectivity index (χ2n) is 5.40. The molecule has 0 heterocycles. The molecular formula is C17H18N4O6S. The van der Waals surface area contributed by atoms with Gasteiger partial charge in [-0.3, -0.25) is 10.2 Å². The van der Waals surface area contributed by atoms with Gasteiger partial charge in [0.2, 0.25) is 10.0 Å². The van der Waals surface area contributed by atoms with Crippen molar-refractivity contribution in [3.8, 4) is 0 Å². The van der Waals surface area contributed by atoms with Crippen LogP contribution < -0.4 is 21.3 Å². The number of hydrazine groups is 1. The number of primary sulfonamides is 1. The topological polar surface area (TPSA) is 157 Å². The maximum Gasteiger partial charge on any atom is 0.338 e. The van der Waals surface area contributed by atoms with Crippen LogP contribution in [0.25, 0.3) is 0 Å². The van der Waals surface area contributed by atoms with E-state index in [9.17, 15) is 22.8 Å². The molecule has 2 rings (SSSR count). The minimum Gasteiger partial charge on any atom is -0.462 e. The number of benzene rings is 2. The fourth-order valence-electron chi connectivity index (χ4n) is 2.05. The van der Waals surface area contributed by atoms with Crippen LogP contribution in [-0.2, 0) is 14.8 Å². The monoisotopic (exact) mass is 406 g/mol. The van der Waals surface area contributed by atoms with Gasteiger partial charge in [-0.1, -0.05) is 0 Å². The lowest BCUT2D eigenvalue weighted by molar-refractivity contribution is 0.0526. The van der Waals surface area contributed by atoms with Crippen molar-refractivity contribution in [2.75, 3.05) is 11.9 Å². The molecule has 11 heteroatoms. The predicted molar refractivity (Wildman–Crippen MR) is 99.8 cm³/mol. The highest BCUT2D eigenvalue weighted by Crippen LogP contribution is 2.11. The van der Waals surface area contributed by atoms with E-state index in [2.05, 4.69) is 16.2 Å². The number of amides is 3. The zero-order valence-corrected chi connectivity index (χ0v) is 15.6. The molecule has 0 radical (unpaired) electrons. The average Bonchev–Trinajstić information content (AvgIpc) is 2.66. The first kappa shape index (κ1) is 20.9. The Labute approximate surface area is 161 Å². The number of nitrogens with two attached hydrogens (primary N) is 1. The van der Waals surface area contributed by atoms with E-state index < -0.39 is 27.9 Å². The zero-order chi connectivity index (χ0) is 20.7.